The third-order valence-corrected chi connectivity index (χ3v) is 4.05. The fourth-order valence-electron chi connectivity index (χ4n) is 1.69. The van der Waals surface area contributed by atoms with E-state index in [-0.39, 0.29) is 40.4 Å². The minimum atomic E-state index is -4.41. The van der Waals surface area contributed by atoms with Gasteiger partial charge in [0, 0.05) is 10.9 Å². The molecule has 0 amide bonds. The van der Waals surface area contributed by atoms with Crippen LogP contribution in [0.25, 0.3) is 11.1 Å². The van der Waals surface area contributed by atoms with Crippen LogP contribution in [0.5, 0.6) is 0 Å². The molecule has 0 unspecified atom stereocenters. The summed E-state index contributed by atoms with van der Waals surface area (Å²) in [5.41, 5.74) is 6.42. The third-order valence-electron chi connectivity index (χ3n) is 2.53. The lowest BCUT2D eigenvalue weighted by Gasteiger charge is -2.09. The van der Waals surface area contributed by atoms with Crippen molar-refractivity contribution in [2.45, 2.75) is 6.18 Å². The Hall–Kier alpha value is -0.740. The van der Waals surface area contributed by atoms with Gasteiger partial charge in [-0.15, -0.1) is 11.3 Å². The lowest BCUT2D eigenvalue weighted by atomic mass is 10.1. The van der Waals surface area contributed by atoms with Gasteiger partial charge in [0.1, 0.15) is 4.88 Å². The monoisotopic (exact) mass is 443 g/mol. The molecule has 1 aromatic heterocycles. The molecule has 0 aliphatic rings. The van der Waals surface area contributed by atoms with Crippen LogP contribution in [0.4, 0.5) is 18.9 Å². The lowest BCUT2D eigenvalue weighted by molar-refractivity contribution is -0.133. The Bertz CT molecular complexity index is 624. The Kier molecular flexibility index (Phi) is 6.54. The highest BCUT2D eigenvalue weighted by Gasteiger charge is 2.37. The van der Waals surface area contributed by atoms with E-state index in [1.54, 1.807) is 36.6 Å². The van der Waals surface area contributed by atoms with Crippen molar-refractivity contribution in [2.75, 3.05) is 6.26 Å². The highest BCUT2D eigenvalue weighted by Crippen LogP contribution is 2.46. The normalized spacial score (nSPS) is 12.1. The number of amidine groups is 1. The van der Waals surface area contributed by atoms with Crippen molar-refractivity contribution >= 4 is 34.0 Å². The molecule has 0 saturated heterocycles. The van der Waals surface area contributed by atoms with E-state index >= 15 is 0 Å². The summed E-state index contributed by atoms with van der Waals surface area (Å²) in [4.78, 5) is 3.40. The number of nitrogens with two attached hydrogens (primary N) is 1. The second-order valence-corrected chi connectivity index (χ2v) is 5.55. The molecule has 2 aromatic rings. The van der Waals surface area contributed by atoms with Crippen LogP contribution in [-0.4, -0.2) is 11.4 Å². The predicted molar refractivity (Wildman–Crippen MR) is 79.6 cm³/mol. The number of halogens is 4. The van der Waals surface area contributed by atoms with Gasteiger partial charge in [-0.25, -0.2) is 4.99 Å². The number of hydrogen-bond acceptors (Lipinski definition) is 3. The molecular weight excluding hydrogens is 432 g/mol. The van der Waals surface area contributed by atoms with Crippen LogP contribution in [-0.2, 0) is 6.18 Å². The Balaban J connectivity index is 0.00000220. The molecule has 2 nitrogen and oxygen atoms in total. The number of thiophene rings is 1. The molecule has 114 valence electrons. The first-order valence-electron chi connectivity index (χ1n) is 5.55. The SMILES string of the molecule is CSC(N)=Nc1csc(C(F)(F)F)c1-c1ccccc1.[I-]. The Labute approximate surface area is 145 Å². The minimum Gasteiger partial charge on any atom is -1.00 e. The lowest BCUT2D eigenvalue weighted by Crippen LogP contribution is -3.00. The number of rotatable bonds is 2. The zero-order valence-corrected chi connectivity index (χ0v) is 14.6. The molecule has 21 heavy (non-hydrogen) atoms. The highest BCUT2D eigenvalue weighted by atomic mass is 127. The molecule has 0 atom stereocenters. The van der Waals surface area contributed by atoms with Gasteiger partial charge in [0.2, 0.25) is 0 Å². The van der Waals surface area contributed by atoms with Crippen LogP contribution in [0, 0.1) is 0 Å². The van der Waals surface area contributed by atoms with Gasteiger partial charge in [-0.2, -0.15) is 13.2 Å². The van der Waals surface area contributed by atoms with E-state index in [2.05, 4.69) is 4.99 Å². The molecule has 0 saturated carbocycles. The zero-order valence-electron chi connectivity index (χ0n) is 10.8. The van der Waals surface area contributed by atoms with E-state index < -0.39 is 11.1 Å². The molecule has 0 fully saturated rings. The van der Waals surface area contributed by atoms with Crippen LogP contribution in [0.2, 0.25) is 0 Å². The third kappa shape index (κ3) is 4.36. The van der Waals surface area contributed by atoms with Crippen molar-refractivity contribution in [3.8, 4) is 11.1 Å². The van der Waals surface area contributed by atoms with E-state index in [1.807, 2.05) is 0 Å². The molecule has 2 rings (SSSR count). The van der Waals surface area contributed by atoms with Gasteiger partial charge in [-0.1, -0.05) is 42.1 Å². The molecule has 2 N–H and O–H groups in total. The van der Waals surface area contributed by atoms with Crippen LogP contribution in [0.3, 0.4) is 0 Å². The average Bonchev–Trinajstić information content (AvgIpc) is 2.83. The van der Waals surface area contributed by atoms with Crippen molar-refractivity contribution in [1.29, 1.82) is 0 Å². The molecule has 1 aromatic carbocycles. The Morgan fingerprint density at radius 2 is 1.86 bits per heavy atom. The highest BCUT2D eigenvalue weighted by molar-refractivity contribution is 8.13. The molecule has 8 heteroatoms. The molecule has 0 aliphatic heterocycles. The molecule has 0 bridgehead atoms. The summed E-state index contributed by atoms with van der Waals surface area (Å²) in [7, 11) is 0. The standard InChI is InChI=1S/C13H11F3N2S2.HI/c1-19-12(17)18-9-7-20-11(13(14,15)16)10(9)8-5-3-2-4-6-8;/h2-7H,1H3,(H2,17,18);1H/p-1. The molecule has 0 aliphatic carbocycles. The molecule has 0 spiro atoms. The van der Waals surface area contributed by atoms with Crippen LogP contribution in [0.1, 0.15) is 4.88 Å². The van der Waals surface area contributed by atoms with E-state index in [9.17, 15) is 13.2 Å². The largest absolute Gasteiger partial charge is 1.00 e. The van der Waals surface area contributed by atoms with Crippen LogP contribution in [0.15, 0.2) is 40.7 Å². The van der Waals surface area contributed by atoms with Gasteiger partial charge in [0.25, 0.3) is 0 Å². The maximum atomic E-state index is 13.1. The minimum absolute atomic E-state index is 0. The van der Waals surface area contributed by atoms with Gasteiger partial charge in [-0.3, -0.25) is 0 Å². The smallest absolute Gasteiger partial charge is 0.426 e. The van der Waals surface area contributed by atoms with Crippen molar-refractivity contribution in [1.82, 2.24) is 0 Å². The van der Waals surface area contributed by atoms with Crippen LogP contribution < -0.4 is 29.7 Å². The number of thioether (sulfide) groups is 1. The number of benzene rings is 1. The van der Waals surface area contributed by atoms with E-state index in [0.29, 0.717) is 16.9 Å². The topological polar surface area (TPSA) is 38.4 Å². The number of aliphatic imine (C=N–C) groups is 1. The number of hydrogen-bond donors (Lipinski definition) is 1. The maximum absolute atomic E-state index is 13.1. The summed E-state index contributed by atoms with van der Waals surface area (Å²) in [5.74, 6) is 0. The van der Waals surface area contributed by atoms with E-state index in [0.717, 1.165) is 0 Å². The summed E-state index contributed by atoms with van der Waals surface area (Å²) in [6.45, 7) is 0. The maximum Gasteiger partial charge on any atom is 0.426 e. The average molecular weight is 443 g/mol. The van der Waals surface area contributed by atoms with Crippen molar-refractivity contribution < 1.29 is 37.1 Å². The first kappa shape index (κ1) is 18.3. The van der Waals surface area contributed by atoms with Gasteiger partial charge >= 0.3 is 6.18 Å². The van der Waals surface area contributed by atoms with Crippen molar-refractivity contribution in [2.24, 2.45) is 10.7 Å². The van der Waals surface area contributed by atoms with Gasteiger partial charge in [0.15, 0.2) is 5.17 Å². The number of alkyl halides is 3. The summed E-state index contributed by atoms with van der Waals surface area (Å²) in [6.07, 6.45) is -2.68. The van der Waals surface area contributed by atoms with Crippen LogP contribution >= 0.6 is 23.1 Å². The zero-order chi connectivity index (χ0) is 14.8. The molecular formula is C13H11F3IN2S2-. The summed E-state index contributed by atoms with van der Waals surface area (Å²) in [5, 5.41) is 1.61. The fraction of sp³-hybridized carbons (Fsp3) is 0.154. The first-order valence-corrected chi connectivity index (χ1v) is 7.66. The van der Waals surface area contributed by atoms with E-state index in [1.165, 1.54) is 17.1 Å². The number of nitrogens with zero attached hydrogens (tertiary/aromatic N) is 1. The van der Waals surface area contributed by atoms with Gasteiger partial charge in [0.05, 0.1) is 5.69 Å². The molecule has 0 radical (unpaired) electrons. The molecule has 1 heterocycles. The quantitative estimate of drug-likeness (QED) is 0.437. The summed E-state index contributed by atoms with van der Waals surface area (Å²) in [6, 6.07) is 8.40. The van der Waals surface area contributed by atoms with Crippen molar-refractivity contribution in [3.05, 3.63) is 40.6 Å². The summed E-state index contributed by atoms with van der Waals surface area (Å²) >= 11 is 1.82. The van der Waals surface area contributed by atoms with Gasteiger partial charge in [-0.05, 0) is 11.8 Å². The first-order chi connectivity index (χ1) is 9.43. The van der Waals surface area contributed by atoms with Crippen molar-refractivity contribution in [3.63, 3.8) is 0 Å². The predicted octanol–water partition coefficient (Wildman–Crippen LogP) is 1.75. The fourth-order valence-corrected chi connectivity index (χ4v) is 2.75. The Morgan fingerprint density at radius 1 is 1.24 bits per heavy atom. The second-order valence-electron chi connectivity index (χ2n) is 3.84. The second kappa shape index (κ2) is 7.50. The summed E-state index contributed by atoms with van der Waals surface area (Å²) < 4.78 is 39.3. The van der Waals surface area contributed by atoms with Gasteiger partial charge < -0.3 is 29.7 Å². The van der Waals surface area contributed by atoms with E-state index in [4.69, 9.17) is 5.73 Å². The Morgan fingerprint density at radius 3 is 2.38 bits per heavy atom.